The van der Waals surface area contributed by atoms with Crippen LogP contribution in [0.4, 0.5) is 0 Å². The van der Waals surface area contributed by atoms with E-state index in [1.165, 1.54) is 0 Å². The van der Waals surface area contributed by atoms with Crippen LogP contribution in [-0.4, -0.2) is 49.1 Å². The largest absolute Gasteiger partial charge is 0.481 e. The SMILES string of the molecule is CN(C)CCNC(=O)CC1(C(=O)O)CCCCC1. The van der Waals surface area contributed by atoms with Crippen LogP contribution in [0.3, 0.4) is 0 Å². The number of carbonyl (C=O) groups excluding carboxylic acids is 1. The number of likely N-dealkylation sites (N-methyl/N-ethyl adjacent to an activating group) is 1. The quantitative estimate of drug-likeness (QED) is 0.746. The second kappa shape index (κ2) is 6.73. The van der Waals surface area contributed by atoms with Crippen molar-refractivity contribution in [3.63, 3.8) is 0 Å². The van der Waals surface area contributed by atoms with Gasteiger partial charge >= 0.3 is 5.97 Å². The molecule has 0 heterocycles. The van der Waals surface area contributed by atoms with Crippen molar-refractivity contribution in [3.05, 3.63) is 0 Å². The highest BCUT2D eigenvalue weighted by Gasteiger charge is 2.41. The Morgan fingerprint density at radius 2 is 1.83 bits per heavy atom. The summed E-state index contributed by atoms with van der Waals surface area (Å²) in [6, 6.07) is 0. The summed E-state index contributed by atoms with van der Waals surface area (Å²) < 4.78 is 0. The molecule has 0 radical (unpaired) electrons. The molecular formula is C13H24N2O3. The number of carboxylic acids is 1. The first-order valence-corrected chi connectivity index (χ1v) is 6.61. The summed E-state index contributed by atoms with van der Waals surface area (Å²) in [6.07, 6.45) is 4.29. The molecule has 0 atom stereocenters. The van der Waals surface area contributed by atoms with Crippen molar-refractivity contribution in [1.29, 1.82) is 0 Å². The first-order valence-electron chi connectivity index (χ1n) is 6.61. The predicted octanol–water partition coefficient (Wildman–Crippen LogP) is 1.09. The molecule has 0 bridgehead atoms. The van der Waals surface area contributed by atoms with Crippen molar-refractivity contribution in [2.75, 3.05) is 27.2 Å². The van der Waals surface area contributed by atoms with Crippen LogP contribution >= 0.6 is 0 Å². The van der Waals surface area contributed by atoms with Gasteiger partial charge in [-0.05, 0) is 26.9 Å². The molecule has 0 aromatic heterocycles. The number of hydrogen-bond donors (Lipinski definition) is 2. The van der Waals surface area contributed by atoms with Crippen LogP contribution in [0.5, 0.6) is 0 Å². The molecule has 104 valence electrons. The summed E-state index contributed by atoms with van der Waals surface area (Å²) in [6.45, 7) is 1.34. The van der Waals surface area contributed by atoms with Gasteiger partial charge in [0.15, 0.2) is 0 Å². The van der Waals surface area contributed by atoms with Crippen LogP contribution in [0, 0.1) is 5.41 Å². The molecule has 1 saturated carbocycles. The lowest BCUT2D eigenvalue weighted by Gasteiger charge is -2.32. The van der Waals surface area contributed by atoms with Crippen LogP contribution in [0.1, 0.15) is 38.5 Å². The van der Waals surface area contributed by atoms with E-state index in [1.807, 2.05) is 19.0 Å². The number of aliphatic carboxylic acids is 1. The Labute approximate surface area is 109 Å². The lowest BCUT2D eigenvalue weighted by atomic mass is 9.71. The van der Waals surface area contributed by atoms with Gasteiger partial charge in [-0.3, -0.25) is 9.59 Å². The Morgan fingerprint density at radius 1 is 1.22 bits per heavy atom. The van der Waals surface area contributed by atoms with Crippen molar-refractivity contribution in [2.24, 2.45) is 5.41 Å². The Balaban J connectivity index is 2.46. The van der Waals surface area contributed by atoms with Crippen LogP contribution < -0.4 is 5.32 Å². The average molecular weight is 256 g/mol. The second-order valence-corrected chi connectivity index (χ2v) is 5.48. The topological polar surface area (TPSA) is 69.6 Å². The predicted molar refractivity (Wildman–Crippen MR) is 69.3 cm³/mol. The molecule has 5 nitrogen and oxygen atoms in total. The van der Waals surface area contributed by atoms with E-state index in [0.717, 1.165) is 25.8 Å². The zero-order valence-electron chi connectivity index (χ0n) is 11.4. The van der Waals surface area contributed by atoms with Gasteiger partial charge in [0.2, 0.25) is 5.91 Å². The van der Waals surface area contributed by atoms with Gasteiger partial charge in [0.05, 0.1) is 5.41 Å². The number of amides is 1. The summed E-state index contributed by atoms with van der Waals surface area (Å²) in [5.41, 5.74) is -0.819. The van der Waals surface area contributed by atoms with Gasteiger partial charge in [-0.25, -0.2) is 0 Å². The molecule has 1 aliphatic rings. The van der Waals surface area contributed by atoms with Crippen molar-refractivity contribution in [2.45, 2.75) is 38.5 Å². The minimum Gasteiger partial charge on any atom is -0.481 e. The number of carboxylic acid groups (broad SMARTS) is 1. The molecule has 1 fully saturated rings. The summed E-state index contributed by atoms with van der Waals surface area (Å²) in [7, 11) is 3.87. The van der Waals surface area contributed by atoms with E-state index < -0.39 is 11.4 Å². The Kier molecular flexibility index (Phi) is 5.59. The first-order chi connectivity index (χ1) is 8.46. The summed E-state index contributed by atoms with van der Waals surface area (Å²) in [5, 5.41) is 12.2. The number of rotatable bonds is 6. The van der Waals surface area contributed by atoms with Crippen molar-refractivity contribution < 1.29 is 14.7 Å². The highest BCUT2D eigenvalue weighted by atomic mass is 16.4. The molecule has 0 saturated heterocycles. The molecule has 1 amide bonds. The summed E-state index contributed by atoms with van der Waals surface area (Å²) in [5.74, 6) is -0.953. The van der Waals surface area contributed by atoms with E-state index in [2.05, 4.69) is 5.32 Å². The zero-order valence-corrected chi connectivity index (χ0v) is 11.4. The van der Waals surface area contributed by atoms with Gasteiger partial charge in [-0.15, -0.1) is 0 Å². The maximum absolute atomic E-state index is 11.8. The second-order valence-electron chi connectivity index (χ2n) is 5.48. The van der Waals surface area contributed by atoms with E-state index in [4.69, 9.17) is 0 Å². The fourth-order valence-corrected chi connectivity index (χ4v) is 2.48. The monoisotopic (exact) mass is 256 g/mol. The molecule has 2 N–H and O–H groups in total. The van der Waals surface area contributed by atoms with E-state index in [1.54, 1.807) is 0 Å². The van der Waals surface area contributed by atoms with Gasteiger partial charge in [0.25, 0.3) is 0 Å². The summed E-state index contributed by atoms with van der Waals surface area (Å²) in [4.78, 5) is 25.2. The smallest absolute Gasteiger partial charge is 0.310 e. The van der Waals surface area contributed by atoms with E-state index in [9.17, 15) is 14.7 Å². The Morgan fingerprint density at radius 3 is 2.33 bits per heavy atom. The third-order valence-corrected chi connectivity index (χ3v) is 3.64. The van der Waals surface area contributed by atoms with E-state index in [0.29, 0.717) is 19.4 Å². The zero-order chi connectivity index (χ0) is 13.6. The lowest BCUT2D eigenvalue weighted by Crippen LogP contribution is -2.40. The van der Waals surface area contributed by atoms with Gasteiger partial charge in [0, 0.05) is 19.5 Å². The standard InChI is InChI=1S/C13H24N2O3/c1-15(2)9-8-14-11(16)10-13(12(17)18)6-4-3-5-7-13/h3-10H2,1-2H3,(H,14,16)(H,17,18). The highest BCUT2D eigenvalue weighted by Crippen LogP contribution is 2.39. The number of nitrogens with zero attached hydrogens (tertiary/aromatic N) is 1. The fourth-order valence-electron chi connectivity index (χ4n) is 2.48. The van der Waals surface area contributed by atoms with Crippen molar-refractivity contribution in [3.8, 4) is 0 Å². The maximum atomic E-state index is 11.8. The fraction of sp³-hybridized carbons (Fsp3) is 0.846. The maximum Gasteiger partial charge on any atom is 0.310 e. The first kappa shape index (κ1) is 15.0. The van der Waals surface area contributed by atoms with Crippen LogP contribution in [0.15, 0.2) is 0 Å². The van der Waals surface area contributed by atoms with Gasteiger partial charge in [-0.1, -0.05) is 19.3 Å². The number of nitrogens with one attached hydrogen (secondary N) is 1. The molecule has 0 unspecified atom stereocenters. The summed E-state index contributed by atoms with van der Waals surface area (Å²) >= 11 is 0. The van der Waals surface area contributed by atoms with Crippen molar-refractivity contribution in [1.82, 2.24) is 10.2 Å². The molecule has 5 heteroatoms. The van der Waals surface area contributed by atoms with Crippen LogP contribution in [0.2, 0.25) is 0 Å². The van der Waals surface area contributed by atoms with Gasteiger partial charge < -0.3 is 15.3 Å². The molecule has 1 aliphatic carbocycles. The molecule has 0 aromatic rings. The highest BCUT2D eigenvalue weighted by molar-refractivity contribution is 5.85. The number of carbonyl (C=O) groups is 2. The molecular weight excluding hydrogens is 232 g/mol. The Bertz CT molecular complexity index is 297. The third-order valence-electron chi connectivity index (χ3n) is 3.64. The molecule has 0 spiro atoms. The van der Waals surface area contributed by atoms with E-state index in [-0.39, 0.29) is 12.3 Å². The van der Waals surface area contributed by atoms with Crippen molar-refractivity contribution >= 4 is 11.9 Å². The number of hydrogen-bond acceptors (Lipinski definition) is 3. The lowest BCUT2D eigenvalue weighted by molar-refractivity contribution is -0.154. The van der Waals surface area contributed by atoms with Crippen LogP contribution in [0.25, 0.3) is 0 Å². The average Bonchev–Trinajstić information content (AvgIpc) is 2.29. The minimum atomic E-state index is -0.819. The Hall–Kier alpha value is -1.10. The molecule has 1 rings (SSSR count). The molecule has 18 heavy (non-hydrogen) atoms. The molecule has 0 aliphatic heterocycles. The van der Waals surface area contributed by atoms with Crippen LogP contribution in [-0.2, 0) is 9.59 Å². The van der Waals surface area contributed by atoms with Gasteiger partial charge in [-0.2, -0.15) is 0 Å². The minimum absolute atomic E-state index is 0.121. The van der Waals surface area contributed by atoms with E-state index >= 15 is 0 Å². The molecule has 0 aromatic carbocycles. The third kappa shape index (κ3) is 4.29. The van der Waals surface area contributed by atoms with Gasteiger partial charge in [0.1, 0.15) is 0 Å². The normalized spacial score (nSPS) is 18.6.